The zero-order chi connectivity index (χ0) is 13.0. The Morgan fingerprint density at radius 3 is 3.11 bits per heavy atom. The zero-order valence-electron chi connectivity index (χ0n) is 9.81. The molecule has 2 aromatic heterocycles. The number of hydrogen-bond acceptors (Lipinski definition) is 5. The van der Waals surface area contributed by atoms with Crippen molar-refractivity contribution in [3.63, 3.8) is 0 Å². The number of nitrogens with one attached hydrogen (secondary N) is 1. The molecular formula is C12H12ClN3OS. The first-order valence-corrected chi connectivity index (χ1v) is 6.74. The van der Waals surface area contributed by atoms with E-state index in [0.717, 1.165) is 18.6 Å². The lowest BCUT2D eigenvalue weighted by atomic mass is 10.1. The van der Waals surface area contributed by atoms with Crippen molar-refractivity contribution in [3.8, 4) is 6.07 Å². The minimum absolute atomic E-state index is 0.240. The maximum absolute atomic E-state index is 8.79. The predicted octanol–water partition coefficient (Wildman–Crippen LogP) is 3.69. The summed E-state index contributed by atoms with van der Waals surface area (Å²) < 4.78 is 5.27. The van der Waals surface area contributed by atoms with Crippen molar-refractivity contribution in [2.75, 3.05) is 5.32 Å². The molecule has 0 amide bonds. The molecule has 2 aromatic rings. The van der Waals surface area contributed by atoms with Crippen molar-refractivity contribution in [3.05, 3.63) is 34.2 Å². The summed E-state index contributed by atoms with van der Waals surface area (Å²) in [5.41, 5.74) is 0. The summed E-state index contributed by atoms with van der Waals surface area (Å²) in [7, 11) is 0. The Bertz CT molecular complexity index is 544. The molecule has 1 unspecified atom stereocenters. The topological polar surface area (TPSA) is 61.9 Å². The van der Waals surface area contributed by atoms with Gasteiger partial charge in [-0.05, 0) is 25.5 Å². The second kappa shape index (κ2) is 5.89. The molecule has 0 aromatic carbocycles. The largest absolute Gasteiger partial charge is 0.469 e. The highest BCUT2D eigenvalue weighted by molar-refractivity contribution is 7.16. The van der Waals surface area contributed by atoms with Crippen LogP contribution < -0.4 is 5.32 Å². The number of rotatable bonds is 5. The molecule has 2 heterocycles. The second-order valence-corrected chi connectivity index (χ2v) is 5.27. The van der Waals surface area contributed by atoms with Crippen molar-refractivity contribution < 1.29 is 4.42 Å². The van der Waals surface area contributed by atoms with Crippen LogP contribution in [0.15, 0.2) is 22.8 Å². The van der Waals surface area contributed by atoms with E-state index in [1.807, 2.05) is 18.2 Å². The van der Waals surface area contributed by atoms with E-state index in [1.54, 1.807) is 6.26 Å². The Morgan fingerprint density at radius 1 is 1.67 bits per heavy atom. The van der Waals surface area contributed by atoms with Crippen molar-refractivity contribution in [2.24, 2.45) is 0 Å². The summed E-state index contributed by atoms with van der Waals surface area (Å²) >= 11 is 7.08. The normalized spacial score (nSPS) is 12.1. The van der Waals surface area contributed by atoms with Gasteiger partial charge in [0.25, 0.3) is 0 Å². The summed E-state index contributed by atoms with van der Waals surface area (Å²) in [6.07, 6.45) is 3.46. The van der Waals surface area contributed by atoms with Gasteiger partial charge in [-0.1, -0.05) is 22.9 Å². The molecule has 0 aliphatic heterocycles. The molecule has 2 rings (SSSR count). The van der Waals surface area contributed by atoms with Crippen molar-refractivity contribution in [1.82, 2.24) is 4.98 Å². The van der Waals surface area contributed by atoms with Gasteiger partial charge < -0.3 is 9.73 Å². The monoisotopic (exact) mass is 281 g/mol. The lowest BCUT2D eigenvalue weighted by Crippen LogP contribution is -2.15. The third-order valence-corrected chi connectivity index (χ3v) is 3.74. The predicted molar refractivity (Wildman–Crippen MR) is 72.0 cm³/mol. The molecular weight excluding hydrogens is 270 g/mol. The number of furan rings is 1. The maximum Gasteiger partial charge on any atom is 0.185 e. The quantitative estimate of drug-likeness (QED) is 0.908. The highest BCUT2D eigenvalue weighted by Crippen LogP contribution is 2.26. The summed E-state index contributed by atoms with van der Waals surface area (Å²) in [4.78, 5) is 4.54. The number of nitrogens with zero attached hydrogens (tertiary/aromatic N) is 2. The molecule has 1 N–H and O–H groups in total. The standard InChI is InChI=1S/C12H12ClN3OS/c1-8(4-5-9-3-2-6-17-9)15-12-16-11(13)10(7-14)18-12/h2-3,6,8H,4-5H2,1H3,(H,15,16). The van der Waals surface area contributed by atoms with Gasteiger partial charge in [-0.25, -0.2) is 4.98 Å². The van der Waals surface area contributed by atoms with Crippen LogP contribution in [0.2, 0.25) is 5.15 Å². The average molecular weight is 282 g/mol. The van der Waals surface area contributed by atoms with Gasteiger partial charge in [0.1, 0.15) is 16.7 Å². The molecule has 0 saturated heterocycles. The second-order valence-electron chi connectivity index (χ2n) is 3.91. The van der Waals surface area contributed by atoms with E-state index in [1.165, 1.54) is 11.3 Å². The molecule has 94 valence electrons. The van der Waals surface area contributed by atoms with Crippen LogP contribution in [0.3, 0.4) is 0 Å². The SMILES string of the molecule is CC(CCc1ccco1)Nc1nc(Cl)c(C#N)s1. The van der Waals surface area contributed by atoms with Gasteiger partial charge >= 0.3 is 0 Å². The Balaban J connectivity index is 1.87. The third-order valence-electron chi connectivity index (χ3n) is 2.46. The molecule has 0 aliphatic carbocycles. The molecule has 0 spiro atoms. The fourth-order valence-corrected chi connectivity index (χ4v) is 2.59. The van der Waals surface area contributed by atoms with Gasteiger partial charge in [-0.15, -0.1) is 0 Å². The number of aryl methyl sites for hydroxylation is 1. The van der Waals surface area contributed by atoms with E-state index >= 15 is 0 Å². The Hall–Kier alpha value is -1.51. The van der Waals surface area contributed by atoms with Crippen LogP contribution in [0.5, 0.6) is 0 Å². The fraction of sp³-hybridized carbons (Fsp3) is 0.333. The average Bonchev–Trinajstić information content (AvgIpc) is 2.96. The first kappa shape index (κ1) is 12.9. The van der Waals surface area contributed by atoms with Gasteiger partial charge in [0.2, 0.25) is 0 Å². The van der Waals surface area contributed by atoms with Crippen LogP contribution in [0.4, 0.5) is 5.13 Å². The minimum atomic E-state index is 0.240. The van der Waals surface area contributed by atoms with E-state index < -0.39 is 0 Å². The number of thiazole rings is 1. The number of halogens is 1. The molecule has 4 nitrogen and oxygen atoms in total. The summed E-state index contributed by atoms with van der Waals surface area (Å²) in [6, 6.07) is 6.09. The van der Waals surface area contributed by atoms with E-state index in [0.29, 0.717) is 10.0 Å². The van der Waals surface area contributed by atoms with Crippen LogP contribution in [0.25, 0.3) is 0 Å². The van der Waals surface area contributed by atoms with Crippen molar-refractivity contribution in [2.45, 2.75) is 25.8 Å². The van der Waals surface area contributed by atoms with E-state index in [9.17, 15) is 0 Å². The molecule has 6 heteroatoms. The number of hydrogen-bond donors (Lipinski definition) is 1. The first-order valence-electron chi connectivity index (χ1n) is 5.54. The summed E-state index contributed by atoms with van der Waals surface area (Å²) in [5, 5.41) is 13.0. The Labute approximate surface area is 114 Å². The molecule has 0 radical (unpaired) electrons. The number of nitriles is 1. The van der Waals surface area contributed by atoms with Crippen LogP contribution in [-0.4, -0.2) is 11.0 Å². The molecule has 0 aliphatic rings. The highest BCUT2D eigenvalue weighted by Gasteiger charge is 2.11. The van der Waals surface area contributed by atoms with Crippen LogP contribution in [-0.2, 0) is 6.42 Å². The van der Waals surface area contributed by atoms with Gasteiger partial charge in [-0.2, -0.15) is 5.26 Å². The van der Waals surface area contributed by atoms with Gasteiger partial charge in [-0.3, -0.25) is 0 Å². The first-order chi connectivity index (χ1) is 8.69. The van der Waals surface area contributed by atoms with Gasteiger partial charge in [0, 0.05) is 12.5 Å². The van der Waals surface area contributed by atoms with Crippen LogP contribution >= 0.6 is 22.9 Å². The van der Waals surface area contributed by atoms with E-state index in [2.05, 4.69) is 17.2 Å². The third kappa shape index (κ3) is 3.25. The molecule has 1 atom stereocenters. The van der Waals surface area contributed by atoms with Gasteiger partial charge in [0.15, 0.2) is 10.3 Å². The fourth-order valence-electron chi connectivity index (χ4n) is 1.53. The number of aromatic nitrogens is 1. The smallest absolute Gasteiger partial charge is 0.185 e. The van der Waals surface area contributed by atoms with E-state index in [-0.39, 0.29) is 11.2 Å². The lowest BCUT2D eigenvalue weighted by Gasteiger charge is -2.11. The van der Waals surface area contributed by atoms with Crippen molar-refractivity contribution >= 4 is 28.1 Å². The van der Waals surface area contributed by atoms with Crippen molar-refractivity contribution in [1.29, 1.82) is 5.26 Å². The summed E-state index contributed by atoms with van der Waals surface area (Å²) in [5.74, 6) is 0.971. The molecule has 0 bridgehead atoms. The maximum atomic E-state index is 8.79. The highest BCUT2D eigenvalue weighted by atomic mass is 35.5. The van der Waals surface area contributed by atoms with E-state index in [4.69, 9.17) is 21.3 Å². The zero-order valence-corrected chi connectivity index (χ0v) is 11.4. The molecule has 0 fully saturated rings. The minimum Gasteiger partial charge on any atom is -0.469 e. The molecule has 18 heavy (non-hydrogen) atoms. The van der Waals surface area contributed by atoms with Gasteiger partial charge in [0.05, 0.1) is 6.26 Å². The van der Waals surface area contributed by atoms with Crippen LogP contribution in [0, 0.1) is 11.3 Å². The lowest BCUT2D eigenvalue weighted by molar-refractivity contribution is 0.495. The summed E-state index contributed by atoms with van der Waals surface area (Å²) in [6.45, 7) is 2.06. The number of anilines is 1. The van der Waals surface area contributed by atoms with Crippen LogP contribution in [0.1, 0.15) is 24.0 Å². The Morgan fingerprint density at radius 2 is 2.50 bits per heavy atom. The Kier molecular flexibility index (Phi) is 4.24. The molecule has 0 saturated carbocycles.